The summed E-state index contributed by atoms with van der Waals surface area (Å²) in [5.41, 5.74) is 1.29. The molecule has 3 rings (SSSR count). The zero-order chi connectivity index (χ0) is 23.0. The SMILES string of the molecule is CCCCCCC(C)(C)c1cc(OC)c(C2=C[C@H]3CC[C@]2(C(=O)[O-])C3(C)C)c(OC)c1.[Na+]. The number of rotatable bonds is 10. The number of carbonyl (C=O) groups is 1. The summed E-state index contributed by atoms with van der Waals surface area (Å²) in [5, 5.41) is 12.5. The molecular weight excluding hydrogens is 411 g/mol. The minimum atomic E-state index is -1.02. The number of aliphatic carboxylic acids is 1. The Bertz CT molecular complexity index is 845. The summed E-state index contributed by atoms with van der Waals surface area (Å²) in [7, 11) is 3.31. The standard InChI is InChI=1S/C27H40O4.Na/c1-8-9-10-11-13-25(2,3)19-16-21(30-6)23(22(17-19)31-7)20-15-18-12-14-27(20,24(28)29)26(18,4)5;/h15-18H,8-14H2,1-7H3,(H,28,29);/q;+1/p-1/t18-,27+;/m1./s1. The number of carboxylic acids is 1. The van der Waals surface area contributed by atoms with Crippen molar-refractivity contribution in [1.82, 2.24) is 0 Å². The number of fused-ring (bicyclic) bond motifs is 2. The number of ether oxygens (including phenoxy) is 2. The van der Waals surface area contributed by atoms with Crippen LogP contribution >= 0.6 is 0 Å². The van der Waals surface area contributed by atoms with Crippen LogP contribution in [0.4, 0.5) is 0 Å². The summed E-state index contributed by atoms with van der Waals surface area (Å²) in [4.78, 5) is 12.5. The Morgan fingerprint density at radius 3 is 2.19 bits per heavy atom. The van der Waals surface area contributed by atoms with Gasteiger partial charge >= 0.3 is 29.6 Å². The number of benzene rings is 1. The quantitative estimate of drug-likeness (QED) is 0.406. The van der Waals surface area contributed by atoms with E-state index in [-0.39, 0.29) is 40.9 Å². The van der Waals surface area contributed by atoms with Crippen LogP contribution < -0.4 is 44.1 Å². The van der Waals surface area contributed by atoms with Gasteiger partial charge in [-0.25, -0.2) is 0 Å². The maximum absolute atomic E-state index is 12.5. The first-order chi connectivity index (χ1) is 14.6. The van der Waals surface area contributed by atoms with Gasteiger partial charge in [-0.3, -0.25) is 0 Å². The van der Waals surface area contributed by atoms with E-state index in [1.165, 1.54) is 25.7 Å². The third kappa shape index (κ3) is 4.28. The van der Waals surface area contributed by atoms with Gasteiger partial charge in [0.1, 0.15) is 11.5 Å². The van der Waals surface area contributed by atoms with Crippen LogP contribution in [0.1, 0.15) is 90.7 Å². The van der Waals surface area contributed by atoms with Gasteiger partial charge in [0.2, 0.25) is 0 Å². The molecule has 0 radical (unpaired) electrons. The number of unbranched alkanes of at least 4 members (excludes halogenated alkanes) is 3. The average molecular weight is 451 g/mol. The molecule has 2 bridgehead atoms. The van der Waals surface area contributed by atoms with Gasteiger partial charge in [-0.15, -0.1) is 0 Å². The summed E-state index contributed by atoms with van der Waals surface area (Å²) in [6, 6.07) is 4.17. The van der Waals surface area contributed by atoms with Crippen molar-refractivity contribution in [1.29, 1.82) is 0 Å². The maximum Gasteiger partial charge on any atom is 1.00 e. The van der Waals surface area contributed by atoms with Crippen LogP contribution in [0.25, 0.3) is 5.57 Å². The number of methoxy groups -OCH3 is 2. The van der Waals surface area contributed by atoms with Gasteiger partial charge in [-0.2, -0.15) is 0 Å². The van der Waals surface area contributed by atoms with Crippen LogP contribution in [-0.2, 0) is 10.2 Å². The van der Waals surface area contributed by atoms with E-state index in [0.29, 0.717) is 17.9 Å². The molecule has 0 spiro atoms. The second-order valence-electron chi connectivity index (χ2n) is 10.6. The molecule has 0 unspecified atom stereocenters. The number of hydrogen-bond acceptors (Lipinski definition) is 4. The van der Waals surface area contributed by atoms with Gasteiger partial charge in [0.15, 0.2) is 0 Å². The molecular formula is C27H39NaO4. The second-order valence-corrected chi connectivity index (χ2v) is 10.6. The van der Waals surface area contributed by atoms with Crippen LogP contribution in [0.3, 0.4) is 0 Å². The van der Waals surface area contributed by atoms with E-state index in [2.05, 4.69) is 52.8 Å². The van der Waals surface area contributed by atoms with Crippen LogP contribution in [0.5, 0.6) is 11.5 Å². The van der Waals surface area contributed by atoms with Gasteiger partial charge in [0.05, 0.1) is 25.8 Å². The van der Waals surface area contributed by atoms with Gasteiger partial charge in [0, 0.05) is 5.41 Å². The largest absolute Gasteiger partial charge is 1.00 e. The maximum atomic E-state index is 12.5. The smallest absolute Gasteiger partial charge is 0.549 e. The van der Waals surface area contributed by atoms with E-state index in [0.717, 1.165) is 29.5 Å². The first-order valence-corrected chi connectivity index (χ1v) is 11.8. The Balaban J connectivity index is 0.00000363. The summed E-state index contributed by atoms with van der Waals surface area (Å²) < 4.78 is 11.7. The van der Waals surface area contributed by atoms with E-state index in [1.54, 1.807) is 14.2 Å². The fraction of sp³-hybridized carbons (Fsp3) is 0.667. The van der Waals surface area contributed by atoms with Crippen molar-refractivity contribution in [3.63, 3.8) is 0 Å². The molecule has 2 aliphatic rings. The Morgan fingerprint density at radius 2 is 1.72 bits per heavy atom. The van der Waals surface area contributed by atoms with Gasteiger partial charge in [0.25, 0.3) is 0 Å². The molecule has 4 nitrogen and oxygen atoms in total. The first kappa shape index (κ1) is 27.3. The molecule has 2 aliphatic carbocycles. The predicted octanol–water partition coefficient (Wildman–Crippen LogP) is 2.53. The van der Waals surface area contributed by atoms with E-state index >= 15 is 0 Å². The second kappa shape index (κ2) is 10.1. The molecule has 0 aromatic heterocycles. The Kier molecular flexibility index (Phi) is 8.62. The molecule has 1 aromatic carbocycles. The van der Waals surface area contributed by atoms with Crippen molar-refractivity contribution in [3.8, 4) is 11.5 Å². The average Bonchev–Trinajstić information content (AvgIpc) is 3.13. The minimum Gasteiger partial charge on any atom is -0.549 e. The van der Waals surface area contributed by atoms with E-state index in [1.807, 2.05) is 0 Å². The summed E-state index contributed by atoms with van der Waals surface area (Å²) in [6.45, 7) is 10.9. The molecule has 1 saturated carbocycles. The van der Waals surface area contributed by atoms with Crippen LogP contribution in [-0.4, -0.2) is 20.2 Å². The summed E-state index contributed by atoms with van der Waals surface area (Å²) in [5.74, 6) is 0.593. The Morgan fingerprint density at radius 1 is 1.12 bits per heavy atom. The van der Waals surface area contributed by atoms with Crippen molar-refractivity contribution in [2.75, 3.05) is 14.2 Å². The molecule has 0 aliphatic heterocycles. The van der Waals surface area contributed by atoms with Crippen LogP contribution in [0.15, 0.2) is 18.2 Å². The minimum absolute atomic E-state index is 0. The van der Waals surface area contributed by atoms with Gasteiger partial charge in [-0.05, 0) is 59.3 Å². The van der Waals surface area contributed by atoms with E-state index in [4.69, 9.17) is 9.47 Å². The van der Waals surface area contributed by atoms with E-state index < -0.39 is 16.8 Å². The molecule has 0 amide bonds. The third-order valence-electron chi connectivity index (χ3n) is 8.25. The molecule has 32 heavy (non-hydrogen) atoms. The molecule has 0 heterocycles. The monoisotopic (exact) mass is 450 g/mol. The molecule has 5 heteroatoms. The van der Waals surface area contributed by atoms with Gasteiger partial charge in [-0.1, -0.05) is 66.4 Å². The fourth-order valence-electron chi connectivity index (χ4n) is 5.97. The molecule has 172 valence electrons. The first-order valence-electron chi connectivity index (χ1n) is 11.8. The Hall–Kier alpha value is -0.970. The van der Waals surface area contributed by atoms with Crippen molar-refractivity contribution in [3.05, 3.63) is 29.3 Å². The third-order valence-corrected chi connectivity index (χ3v) is 8.25. The fourth-order valence-corrected chi connectivity index (χ4v) is 5.97. The van der Waals surface area contributed by atoms with Crippen molar-refractivity contribution < 1.29 is 48.9 Å². The number of carboxylic acid groups (broad SMARTS) is 1. The molecule has 2 atom stereocenters. The Labute approximate surface area is 216 Å². The summed E-state index contributed by atoms with van der Waals surface area (Å²) in [6.07, 6.45) is 9.59. The van der Waals surface area contributed by atoms with Gasteiger partial charge < -0.3 is 19.4 Å². The topological polar surface area (TPSA) is 58.6 Å². The van der Waals surface area contributed by atoms with Crippen molar-refractivity contribution in [2.24, 2.45) is 16.7 Å². The van der Waals surface area contributed by atoms with Crippen LogP contribution in [0.2, 0.25) is 0 Å². The molecule has 0 saturated heterocycles. The van der Waals surface area contributed by atoms with Crippen molar-refractivity contribution >= 4 is 11.5 Å². The number of carbonyl (C=O) groups excluding carboxylic acids is 1. The van der Waals surface area contributed by atoms with E-state index in [9.17, 15) is 9.90 Å². The number of hydrogen-bond donors (Lipinski definition) is 0. The predicted molar refractivity (Wildman–Crippen MR) is 123 cm³/mol. The normalized spacial score (nSPS) is 23.5. The van der Waals surface area contributed by atoms with Crippen LogP contribution in [0, 0.1) is 16.7 Å². The molecule has 0 N–H and O–H groups in total. The number of allylic oxidation sites excluding steroid dienone is 1. The zero-order valence-electron chi connectivity index (χ0n) is 21.4. The zero-order valence-corrected chi connectivity index (χ0v) is 23.4. The summed E-state index contributed by atoms with van der Waals surface area (Å²) >= 11 is 0. The molecule has 1 fully saturated rings. The van der Waals surface area contributed by atoms with Crippen molar-refractivity contribution in [2.45, 2.75) is 85.0 Å². The molecule has 1 aromatic rings.